The van der Waals surface area contributed by atoms with Crippen molar-refractivity contribution in [2.75, 3.05) is 20.8 Å². The number of carbonyl (C=O) groups excluding carboxylic acids is 3. The zero-order chi connectivity index (χ0) is 25.2. The Hall–Kier alpha value is -2.09. The van der Waals surface area contributed by atoms with Crippen molar-refractivity contribution < 1.29 is 37.9 Å². The van der Waals surface area contributed by atoms with Crippen LogP contribution in [-0.4, -0.2) is 57.1 Å². The second-order valence-electron chi connectivity index (χ2n) is 9.25. The molecule has 1 rings (SSSR count). The van der Waals surface area contributed by atoms with E-state index in [-0.39, 0.29) is 18.8 Å². The van der Waals surface area contributed by atoms with E-state index in [1.165, 1.54) is 14.2 Å². The molecule has 1 aliphatic heterocycles. The molecule has 1 aliphatic rings. The van der Waals surface area contributed by atoms with Crippen LogP contribution < -0.4 is 0 Å². The molecule has 1 fully saturated rings. The van der Waals surface area contributed by atoms with E-state index in [0.717, 1.165) is 12.8 Å². The molecular weight excluding hydrogens is 427 g/mol. The highest BCUT2D eigenvalue weighted by Crippen LogP contribution is 2.39. The van der Waals surface area contributed by atoms with Crippen LogP contribution in [0.25, 0.3) is 0 Å². The summed E-state index contributed by atoms with van der Waals surface area (Å²) in [5.74, 6) is -2.67. The van der Waals surface area contributed by atoms with Gasteiger partial charge in [0.25, 0.3) is 0 Å². The highest BCUT2D eigenvalue weighted by Gasteiger charge is 2.52. The number of carbonyl (C=O) groups is 3. The van der Waals surface area contributed by atoms with Gasteiger partial charge in [-0.05, 0) is 65.9 Å². The van der Waals surface area contributed by atoms with E-state index < -0.39 is 36.2 Å². The Morgan fingerprint density at radius 1 is 0.939 bits per heavy atom. The van der Waals surface area contributed by atoms with Crippen molar-refractivity contribution in [2.24, 2.45) is 5.92 Å². The Balaban J connectivity index is 3.10. The first-order valence-corrected chi connectivity index (χ1v) is 11.5. The number of ether oxygens (including phenoxy) is 3. The van der Waals surface area contributed by atoms with Gasteiger partial charge in [-0.1, -0.05) is 13.3 Å². The van der Waals surface area contributed by atoms with Gasteiger partial charge in [0.05, 0.1) is 32.0 Å². The fourth-order valence-electron chi connectivity index (χ4n) is 3.23. The van der Waals surface area contributed by atoms with Crippen LogP contribution in [0.3, 0.4) is 0 Å². The van der Waals surface area contributed by atoms with Gasteiger partial charge in [-0.25, -0.2) is 0 Å². The van der Waals surface area contributed by atoms with E-state index in [1.807, 2.05) is 34.6 Å². The van der Waals surface area contributed by atoms with Gasteiger partial charge < -0.3 is 23.5 Å². The largest absolute Gasteiger partial charge is 0.498 e. The van der Waals surface area contributed by atoms with E-state index in [1.54, 1.807) is 6.92 Å². The molecule has 0 saturated carbocycles. The van der Waals surface area contributed by atoms with Gasteiger partial charge >= 0.3 is 25.0 Å². The van der Waals surface area contributed by atoms with Crippen LogP contribution in [0.4, 0.5) is 0 Å². The molecule has 0 unspecified atom stereocenters. The van der Waals surface area contributed by atoms with Crippen molar-refractivity contribution in [3.8, 4) is 0 Å². The molecule has 0 bridgehead atoms. The summed E-state index contributed by atoms with van der Waals surface area (Å²) in [6.45, 7) is 12.1. The maximum absolute atomic E-state index is 12.0. The SMILES string of the molecule is CCCCOC(=O)CCCC(=C=C(C)CC(C(=O)OC)C(=O)OC)B1OC(C)(C)C(C)(C)O1. The summed E-state index contributed by atoms with van der Waals surface area (Å²) in [5.41, 5.74) is 3.53. The number of esters is 3. The molecule has 33 heavy (non-hydrogen) atoms. The average Bonchev–Trinajstić information content (AvgIpc) is 2.97. The fourth-order valence-corrected chi connectivity index (χ4v) is 3.23. The summed E-state index contributed by atoms with van der Waals surface area (Å²) < 4.78 is 27.0. The smallest absolute Gasteiger partial charge is 0.468 e. The van der Waals surface area contributed by atoms with Crippen LogP contribution in [0.15, 0.2) is 16.8 Å². The number of unbranched alkanes of at least 4 members (excludes halogenated alkanes) is 1. The van der Waals surface area contributed by atoms with Crippen molar-refractivity contribution >= 4 is 25.0 Å². The van der Waals surface area contributed by atoms with Crippen molar-refractivity contribution in [1.82, 2.24) is 0 Å². The first kappa shape index (κ1) is 28.9. The highest BCUT2D eigenvalue weighted by atomic mass is 16.7. The number of hydrogen-bond donors (Lipinski definition) is 0. The lowest BCUT2D eigenvalue weighted by Crippen LogP contribution is -2.41. The summed E-state index contributed by atoms with van der Waals surface area (Å²) in [6, 6.07) is 0. The Bertz CT molecular complexity index is 732. The lowest BCUT2D eigenvalue weighted by atomic mass is 9.75. The molecule has 8 nitrogen and oxygen atoms in total. The van der Waals surface area contributed by atoms with Crippen molar-refractivity contribution in [3.05, 3.63) is 16.8 Å². The maximum atomic E-state index is 12.0. The maximum Gasteiger partial charge on any atom is 0.498 e. The molecule has 9 heteroatoms. The van der Waals surface area contributed by atoms with E-state index >= 15 is 0 Å². The van der Waals surface area contributed by atoms with Crippen molar-refractivity contribution in [1.29, 1.82) is 0 Å². The van der Waals surface area contributed by atoms with Crippen LogP contribution in [0.2, 0.25) is 0 Å². The van der Waals surface area contributed by atoms with Gasteiger partial charge in [0.2, 0.25) is 0 Å². The van der Waals surface area contributed by atoms with E-state index in [9.17, 15) is 14.4 Å². The van der Waals surface area contributed by atoms with Gasteiger partial charge in [0, 0.05) is 11.9 Å². The topological polar surface area (TPSA) is 97.4 Å². The molecule has 0 aliphatic carbocycles. The van der Waals surface area contributed by atoms with Crippen LogP contribution in [0.5, 0.6) is 0 Å². The third kappa shape index (κ3) is 8.65. The molecule has 1 saturated heterocycles. The van der Waals surface area contributed by atoms with Gasteiger partial charge in [0.1, 0.15) is 0 Å². The molecule has 0 radical (unpaired) electrons. The normalized spacial score (nSPS) is 16.2. The monoisotopic (exact) mass is 466 g/mol. The molecule has 0 spiro atoms. The van der Waals surface area contributed by atoms with Crippen LogP contribution >= 0.6 is 0 Å². The standard InChI is InChI=1S/C24H39BO8/c1-9-10-14-31-20(26)13-11-12-18(25-32-23(3,4)24(5,6)33-25)15-17(2)16-19(21(27)29-7)22(28)30-8/h19H,9-14,16H2,1-8H3. The van der Waals surface area contributed by atoms with E-state index in [4.69, 9.17) is 23.5 Å². The fraction of sp³-hybridized carbons (Fsp3) is 0.750. The predicted molar refractivity (Wildman–Crippen MR) is 124 cm³/mol. The van der Waals surface area contributed by atoms with Crippen LogP contribution in [-0.2, 0) is 37.9 Å². The van der Waals surface area contributed by atoms with Gasteiger partial charge in [-0.15, -0.1) is 5.73 Å². The zero-order valence-corrected chi connectivity index (χ0v) is 21.4. The van der Waals surface area contributed by atoms with E-state index in [2.05, 4.69) is 5.73 Å². The third-order valence-electron chi connectivity index (χ3n) is 5.98. The molecule has 0 aromatic rings. The molecule has 0 aromatic carbocycles. The average molecular weight is 466 g/mol. The summed E-state index contributed by atoms with van der Waals surface area (Å²) >= 11 is 0. The molecule has 1 heterocycles. The minimum atomic E-state index is -1.08. The lowest BCUT2D eigenvalue weighted by Gasteiger charge is -2.32. The summed E-state index contributed by atoms with van der Waals surface area (Å²) in [4.78, 5) is 36.1. The number of hydrogen-bond acceptors (Lipinski definition) is 8. The Morgan fingerprint density at radius 2 is 1.48 bits per heavy atom. The summed E-state index contributed by atoms with van der Waals surface area (Å²) in [6.07, 6.45) is 3.17. The summed E-state index contributed by atoms with van der Waals surface area (Å²) in [7, 11) is 1.79. The van der Waals surface area contributed by atoms with Crippen LogP contribution in [0, 0.1) is 5.92 Å². The second kappa shape index (κ2) is 13.0. The first-order chi connectivity index (χ1) is 15.4. The molecular formula is C24H39BO8. The van der Waals surface area contributed by atoms with Crippen molar-refractivity contribution in [2.45, 2.75) is 91.3 Å². The van der Waals surface area contributed by atoms with Gasteiger partial charge in [0.15, 0.2) is 5.92 Å². The Labute approximate surface area is 198 Å². The molecule has 0 atom stereocenters. The number of rotatable bonds is 12. The first-order valence-electron chi connectivity index (χ1n) is 11.5. The van der Waals surface area contributed by atoms with Gasteiger partial charge in [-0.3, -0.25) is 14.4 Å². The molecule has 0 aromatic heterocycles. The Kier molecular flexibility index (Phi) is 11.4. The van der Waals surface area contributed by atoms with E-state index in [0.29, 0.717) is 30.5 Å². The Morgan fingerprint density at radius 3 is 1.97 bits per heavy atom. The van der Waals surface area contributed by atoms with Crippen LogP contribution in [0.1, 0.15) is 80.1 Å². The number of allylic oxidation sites excluding steroid dienone is 1. The third-order valence-corrected chi connectivity index (χ3v) is 5.98. The quantitative estimate of drug-likeness (QED) is 0.107. The minimum Gasteiger partial charge on any atom is -0.468 e. The highest BCUT2D eigenvalue weighted by molar-refractivity contribution is 6.54. The number of methoxy groups -OCH3 is 2. The zero-order valence-electron chi connectivity index (χ0n) is 21.4. The molecule has 0 amide bonds. The second-order valence-corrected chi connectivity index (χ2v) is 9.25. The van der Waals surface area contributed by atoms with Crippen molar-refractivity contribution in [3.63, 3.8) is 0 Å². The van der Waals surface area contributed by atoms with Gasteiger partial charge in [-0.2, -0.15) is 0 Å². The minimum absolute atomic E-state index is 0.0847. The predicted octanol–water partition coefficient (Wildman–Crippen LogP) is 3.96. The molecule has 0 N–H and O–H groups in total. The molecule has 186 valence electrons. The lowest BCUT2D eigenvalue weighted by molar-refractivity contribution is -0.158. The summed E-state index contributed by atoms with van der Waals surface area (Å²) in [5, 5.41) is 0.